The molecular formula is C14H16N4O4S. The first-order chi connectivity index (χ1) is 10.8. The molecule has 2 heterocycles. The predicted molar refractivity (Wildman–Crippen MR) is 84.8 cm³/mol. The largest absolute Gasteiger partial charge is 0.465 e. The lowest BCUT2D eigenvalue weighted by Crippen LogP contribution is -2.29. The van der Waals surface area contributed by atoms with E-state index in [1.807, 2.05) is 0 Å². The summed E-state index contributed by atoms with van der Waals surface area (Å²) in [6, 6.07) is 1.36. The zero-order valence-electron chi connectivity index (χ0n) is 13.2. The quantitative estimate of drug-likeness (QED) is 0.837. The third-order valence-corrected chi connectivity index (χ3v) is 4.10. The Morgan fingerprint density at radius 2 is 2.00 bits per heavy atom. The Bertz CT molecular complexity index is 825. The Morgan fingerprint density at radius 3 is 2.61 bits per heavy atom. The highest BCUT2D eigenvalue weighted by atomic mass is 32.1. The van der Waals surface area contributed by atoms with Crippen LogP contribution in [0.1, 0.15) is 26.9 Å². The Morgan fingerprint density at radius 1 is 1.30 bits per heavy atom. The summed E-state index contributed by atoms with van der Waals surface area (Å²) in [5.41, 5.74) is 0.778. The van der Waals surface area contributed by atoms with E-state index < -0.39 is 11.9 Å². The lowest BCUT2D eigenvalue weighted by atomic mass is 10.4. The Kier molecular flexibility index (Phi) is 4.89. The third kappa shape index (κ3) is 3.81. The molecule has 9 heteroatoms. The average molecular weight is 336 g/mol. The highest BCUT2D eigenvalue weighted by Crippen LogP contribution is 2.23. The van der Waals surface area contributed by atoms with Gasteiger partial charge in [0.15, 0.2) is 5.13 Å². The first kappa shape index (κ1) is 16.8. The molecule has 8 nitrogen and oxygen atoms in total. The average Bonchev–Trinajstić information content (AvgIpc) is 2.82. The van der Waals surface area contributed by atoms with Crippen LogP contribution in [0, 0.1) is 20.8 Å². The second kappa shape index (κ2) is 6.69. The van der Waals surface area contributed by atoms with Crippen LogP contribution >= 0.6 is 11.3 Å². The van der Waals surface area contributed by atoms with E-state index in [0.29, 0.717) is 22.1 Å². The number of ether oxygens (including phenoxy) is 1. The molecule has 0 saturated carbocycles. The van der Waals surface area contributed by atoms with E-state index in [2.05, 4.69) is 20.0 Å². The maximum absolute atomic E-state index is 12.1. The van der Waals surface area contributed by atoms with Crippen molar-refractivity contribution in [3.8, 4) is 0 Å². The molecule has 0 aliphatic rings. The van der Waals surface area contributed by atoms with E-state index in [1.54, 1.807) is 20.8 Å². The number of hydrogen-bond acceptors (Lipinski definition) is 7. The molecule has 0 atom stereocenters. The second-order valence-electron chi connectivity index (χ2n) is 4.84. The molecule has 2 aromatic rings. The molecule has 0 unspecified atom stereocenters. The molecule has 2 rings (SSSR count). The van der Waals surface area contributed by atoms with Gasteiger partial charge in [0.2, 0.25) is 5.91 Å². The van der Waals surface area contributed by atoms with Crippen LogP contribution in [-0.2, 0) is 16.1 Å². The normalized spacial score (nSPS) is 10.4. The summed E-state index contributed by atoms with van der Waals surface area (Å²) < 4.78 is 5.91. The number of aryl methyl sites for hydroxylation is 3. The summed E-state index contributed by atoms with van der Waals surface area (Å²) in [5.74, 6) is -0.475. The topological polar surface area (TPSA) is 103 Å². The van der Waals surface area contributed by atoms with Crippen molar-refractivity contribution >= 4 is 28.3 Å². The second-order valence-corrected chi connectivity index (χ2v) is 5.84. The minimum absolute atomic E-state index is 0.176. The van der Waals surface area contributed by atoms with E-state index in [1.165, 1.54) is 17.7 Å². The van der Waals surface area contributed by atoms with Crippen LogP contribution in [0.5, 0.6) is 0 Å². The van der Waals surface area contributed by atoms with E-state index in [4.69, 9.17) is 0 Å². The van der Waals surface area contributed by atoms with Gasteiger partial charge in [-0.1, -0.05) is 11.3 Å². The first-order valence-corrected chi connectivity index (χ1v) is 7.54. The molecule has 1 N–H and O–H groups in total. The van der Waals surface area contributed by atoms with Crippen molar-refractivity contribution in [1.82, 2.24) is 14.5 Å². The molecule has 0 bridgehead atoms. The van der Waals surface area contributed by atoms with Gasteiger partial charge in [-0.2, -0.15) is 0 Å². The number of esters is 1. The highest BCUT2D eigenvalue weighted by Gasteiger charge is 2.17. The summed E-state index contributed by atoms with van der Waals surface area (Å²) in [4.78, 5) is 44.1. The van der Waals surface area contributed by atoms with E-state index in [-0.39, 0.29) is 17.2 Å². The summed E-state index contributed by atoms with van der Waals surface area (Å²) >= 11 is 1.02. The van der Waals surface area contributed by atoms with Gasteiger partial charge < -0.3 is 10.1 Å². The number of thiazole rings is 1. The Labute approximate surface area is 136 Å². The number of methoxy groups -OCH3 is 1. The van der Waals surface area contributed by atoms with Crippen LogP contribution in [0.2, 0.25) is 0 Å². The number of aromatic nitrogens is 3. The lowest BCUT2D eigenvalue weighted by molar-refractivity contribution is -0.116. The van der Waals surface area contributed by atoms with Crippen molar-refractivity contribution in [2.75, 3.05) is 12.4 Å². The van der Waals surface area contributed by atoms with Crippen molar-refractivity contribution in [2.45, 2.75) is 27.3 Å². The SMILES string of the molecule is COC(=O)c1sc(NC(=O)Cn2c(C)nc(C)cc2=O)nc1C. The fourth-order valence-electron chi connectivity index (χ4n) is 1.99. The minimum Gasteiger partial charge on any atom is -0.465 e. The van der Waals surface area contributed by atoms with Gasteiger partial charge >= 0.3 is 5.97 Å². The van der Waals surface area contributed by atoms with Crippen LogP contribution in [0.15, 0.2) is 10.9 Å². The summed E-state index contributed by atoms with van der Waals surface area (Å²) in [7, 11) is 1.28. The fourth-order valence-corrected chi connectivity index (χ4v) is 2.89. The van der Waals surface area contributed by atoms with Crippen LogP contribution in [0.4, 0.5) is 5.13 Å². The van der Waals surface area contributed by atoms with Crippen LogP contribution in [-0.4, -0.2) is 33.5 Å². The van der Waals surface area contributed by atoms with Crippen molar-refractivity contribution in [2.24, 2.45) is 0 Å². The molecule has 1 amide bonds. The van der Waals surface area contributed by atoms with Crippen molar-refractivity contribution in [3.63, 3.8) is 0 Å². The van der Waals surface area contributed by atoms with E-state index in [9.17, 15) is 14.4 Å². The molecule has 2 aromatic heterocycles. The van der Waals surface area contributed by atoms with Gasteiger partial charge in [-0.3, -0.25) is 14.2 Å². The van der Waals surface area contributed by atoms with Gasteiger partial charge in [0.05, 0.1) is 12.8 Å². The van der Waals surface area contributed by atoms with Crippen molar-refractivity contribution < 1.29 is 14.3 Å². The van der Waals surface area contributed by atoms with Gasteiger partial charge in [0.25, 0.3) is 5.56 Å². The smallest absolute Gasteiger partial charge is 0.350 e. The predicted octanol–water partition coefficient (Wildman–Crippen LogP) is 1.05. The number of amides is 1. The number of anilines is 1. The van der Waals surface area contributed by atoms with Crippen LogP contribution in [0.25, 0.3) is 0 Å². The van der Waals surface area contributed by atoms with Crippen LogP contribution < -0.4 is 10.9 Å². The molecule has 122 valence electrons. The molecule has 0 aliphatic heterocycles. The monoisotopic (exact) mass is 336 g/mol. The minimum atomic E-state index is -0.504. The summed E-state index contributed by atoms with van der Waals surface area (Å²) in [6.45, 7) is 4.84. The maximum atomic E-state index is 12.1. The van der Waals surface area contributed by atoms with Gasteiger partial charge in [-0.15, -0.1) is 0 Å². The first-order valence-electron chi connectivity index (χ1n) is 6.72. The molecule has 0 saturated heterocycles. The molecule has 0 radical (unpaired) electrons. The summed E-state index contributed by atoms with van der Waals surface area (Å²) in [5, 5.41) is 2.85. The van der Waals surface area contributed by atoms with Gasteiger partial charge in [-0.05, 0) is 20.8 Å². The van der Waals surface area contributed by atoms with E-state index >= 15 is 0 Å². The Balaban J connectivity index is 2.15. The molecule has 0 fully saturated rings. The molecular weight excluding hydrogens is 320 g/mol. The number of hydrogen-bond donors (Lipinski definition) is 1. The third-order valence-electron chi connectivity index (χ3n) is 3.04. The van der Waals surface area contributed by atoms with Gasteiger partial charge in [0.1, 0.15) is 17.2 Å². The number of nitrogens with one attached hydrogen (secondary N) is 1. The number of nitrogens with zero attached hydrogens (tertiary/aromatic N) is 3. The number of carbonyl (C=O) groups is 2. The van der Waals surface area contributed by atoms with E-state index in [0.717, 1.165) is 11.3 Å². The number of carbonyl (C=O) groups excluding carboxylic acids is 2. The zero-order chi connectivity index (χ0) is 17.1. The lowest BCUT2D eigenvalue weighted by Gasteiger charge is -2.08. The number of rotatable bonds is 4. The van der Waals surface area contributed by atoms with Crippen LogP contribution in [0.3, 0.4) is 0 Å². The van der Waals surface area contributed by atoms with Crippen molar-refractivity contribution in [1.29, 1.82) is 0 Å². The molecule has 0 aliphatic carbocycles. The summed E-state index contributed by atoms with van der Waals surface area (Å²) in [6.07, 6.45) is 0. The standard InChI is InChI=1S/C14H16N4O4S/c1-7-5-11(20)18(9(3)15-7)6-10(19)17-14-16-8(2)12(23-14)13(21)22-4/h5H,6H2,1-4H3,(H,16,17,19). The molecule has 0 aromatic carbocycles. The Hall–Kier alpha value is -2.55. The van der Waals surface area contributed by atoms with Crippen molar-refractivity contribution in [3.05, 3.63) is 38.5 Å². The zero-order valence-corrected chi connectivity index (χ0v) is 14.0. The fraction of sp³-hybridized carbons (Fsp3) is 0.357. The molecule has 0 spiro atoms. The molecule has 23 heavy (non-hydrogen) atoms. The maximum Gasteiger partial charge on any atom is 0.350 e. The highest BCUT2D eigenvalue weighted by molar-refractivity contribution is 7.17. The van der Waals surface area contributed by atoms with Gasteiger partial charge in [-0.25, -0.2) is 14.8 Å². The van der Waals surface area contributed by atoms with Gasteiger partial charge in [0, 0.05) is 11.8 Å².